The third-order valence-electron chi connectivity index (χ3n) is 5.08. The second kappa shape index (κ2) is 5.47. The Labute approximate surface area is 136 Å². The Kier molecular flexibility index (Phi) is 3.52. The normalized spacial score (nSPS) is 26.7. The zero-order valence-electron chi connectivity index (χ0n) is 12.9. The van der Waals surface area contributed by atoms with Crippen LogP contribution in [0, 0.1) is 5.92 Å². The molecule has 0 aliphatic carbocycles. The van der Waals surface area contributed by atoms with Gasteiger partial charge in [-0.1, -0.05) is 0 Å². The van der Waals surface area contributed by atoms with E-state index in [2.05, 4.69) is 20.4 Å². The van der Waals surface area contributed by atoms with E-state index < -0.39 is 11.7 Å². The molecule has 24 heavy (non-hydrogen) atoms. The fourth-order valence-electron chi connectivity index (χ4n) is 3.73. The van der Waals surface area contributed by atoms with Gasteiger partial charge in [-0.2, -0.15) is 18.3 Å². The van der Waals surface area contributed by atoms with Crippen LogP contribution in [0.2, 0.25) is 0 Å². The van der Waals surface area contributed by atoms with Gasteiger partial charge >= 0.3 is 6.18 Å². The van der Waals surface area contributed by atoms with Crippen LogP contribution in [0.3, 0.4) is 0 Å². The first kappa shape index (κ1) is 15.4. The van der Waals surface area contributed by atoms with E-state index in [9.17, 15) is 18.0 Å². The lowest BCUT2D eigenvalue weighted by molar-refractivity contribution is -0.137. The predicted octanol–water partition coefficient (Wildman–Crippen LogP) is 2.41. The molecule has 2 aromatic rings. The quantitative estimate of drug-likeness (QED) is 0.884. The minimum absolute atomic E-state index is 0.0844. The van der Waals surface area contributed by atoms with Gasteiger partial charge in [0.05, 0.1) is 11.1 Å². The second-order valence-electron chi connectivity index (χ2n) is 6.55. The number of hydrogen-bond acceptors (Lipinski definition) is 3. The molecule has 0 unspecified atom stereocenters. The highest BCUT2D eigenvalue weighted by molar-refractivity contribution is 6.04. The van der Waals surface area contributed by atoms with Crippen molar-refractivity contribution in [3.8, 4) is 0 Å². The van der Waals surface area contributed by atoms with Gasteiger partial charge in [-0.15, -0.1) is 0 Å². The fourth-order valence-corrected chi connectivity index (χ4v) is 3.73. The molecule has 3 aliphatic rings. The number of carbonyl (C=O) groups is 1. The lowest BCUT2D eigenvalue weighted by Crippen LogP contribution is -2.57. The van der Waals surface area contributed by atoms with Crippen LogP contribution in [0.1, 0.15) is 28.9 Å². The topological polar surface area (TPSA) is 61.0 Å². The zero-order chi connectivity index (χ0) is 16.9. The van der Waals surface area contributed by atoms with E-state index in [1.165, 1.54) is 6.07 Å². The van der Waals surface area contributed by atoms with Gasteiger partial charge in [0.25, 0.3) is 5.91 Å². The SMILES string of the molecule is O=C(N[C@H]1CN2CCC1CC2)c1n[nH]c2cc(C(F)(F)F)ccc12. The molecule has 8 heteroatoms. The summed E-state index contributed by atoms with van der Waals surface area (Å²) in [5.74, 6) is 0.140. The molecule has 1 aromatic heterocycles. The number of benzene rings is 1. The van der Waals surface area contributed by atoms with Gasteiger partial charge in [0.15, 0.2) is 5.69 Å². The van der Waals surface area contributed by atoms with Crippen LogP contribution in [0.15, 0.2) is 18.2 Å². The van der Waals surface area contributed by atoms with Gasteiger partial charge in [-0.25, -0.2) is 0 Å². The number of nitrogens with one attached hydrogen (secondary N) is 2. The van der Waals surface area contributed by atoms with E-state index in [4.69, 9.17) is 0 Å². The smallest absolute Gasteiger partial charge is 0.346 e. The van der Waals surface area contributed by atoms with Crippen LogP contribution in [-0.4, -0.2) is 46.7 Å². The van der Waals surface area contributed by atoms with Crippen LogP contribution in [-0.2, 0) is 6.18 Å². The van der Waals surface area contributed by atoms with E-state index >= 15 is 0 Å². The number of hydrogen-bond donors (Lipinski definition) is 2. The molecular formula is C16H17F3N4O. The van der Waals surface area contributed by atoms with Gasteiger partial charge in [0.2, 0.25) is 0 Å². The molecule has 3 saturated heterocycles. The molecule has 5 nitrogen and oxygen atoms in total. The number of aromatic amines is 1. The van der Waals surface area contributed by atoms with Crippen molar-refractivity contribution in [2.24, 2.45) is 5.92 Å². The maximum Gasteiger partial charge on any atom is 0.416 e. The van der Waals surface area contributed by atoms with Crippen molar-refractivity contribution < 1.29 is 18.0 Å². The van der Waals surface area contributed by atoms with Crippen LogP contribution in [0.4, 0.5) is 13.2 Å². The Hall–Kier alpha value is -2.09. The summed E-state index contributed by atoms with van der Waals surface area (Å²) in [6, 6.07) is 3.34. The summed E-state index contributed by atoms with van der Waals surface area (Å²) < 4.78 is 38.3. The van der Waals surface area contributed by atoms with Crippen LogP contribution in [0.5, 0.6) is 0 Å². The molecule has 0 spiro atoms. The van der Waals surface area contributed by atoms with Crippen molar-refractivity contribution in [3.63, 3.8) is 0 Å². The largest absolute Gasteiger partial charge is 0.416 e. The summed E-state index contributed by atoms with van der Waals surface area (Å²) in [5, 5.41) is 9.87. The van der Waals surface area contributed by atoms with E-state index in [1.54, 1.807) is 0 Å². The first-order valence-electron chi connectivity index (χ1n) is 8.00. The Balaban J connectivity index is 1.56. The number of piperidine rings is 3. The molecular weight excluding hydrogens is 321 g/mol. The van der Waals surface area contributed by atoms with E-state index in [-0.39, 0.29) is 23.2 Å². The first-order chi connectivity index (χ1) is 11.4. The molecule has 2 N–H and O–H groups in total. The third-order valence-corrected chi connectivity index (χ3v) is 5.08. The number of halogens is 3. The van der Waals surface area contributed by atoms with Gasteiger partial charge < -0.3 is 10.2 Å². The zero-order valence-corrected chi connectivity index (χ0v) is 12.9. The molecule has 4 heterocycles. The molecule has 2 bridgehead atoms. The van der Waals surface area contributed by atoms with E-state index in [1.807, 2.05) is 0 Å². The molecule has 3 aliphatic heterocycles. The molecule has 3 fully saturated rings. The monoisotopic (exact) mass is 338 g/mol. The van der Waals surface area contributed by atoms with Crippen LogP contribution in [0.25, 0.3) is 10.9 Å². The summed E-state index contributed by atoms with van der Waals surface area (Å²) in [5.41, 5.74) is -0.401. The molecule has 0 radical (unpaired) electrons. The Morgan fingerprint density at radius 1 is 1.29 bits per heavy atom. The van der Waals surface area contributed by atoms with Gasteiger partial charge in [0.1, 0.15) is 0 Å². The minimum Gasteiger partial charge on any atom is -0.346 e. The highest BCUT2D eigenvalue weighted by atomic mass is 19.4. The number of amides is 1. The Morgan fingerprint density at radius 3 is 2.67 bits per heavy atom. The lowest BCUT2D eigenvalue weighted by atomic mass is 9.84. The highest BCUT2D eigenvalue weighted by Gasteiger charge is 2.36. The maximum absolute atomic E-state index is 12.8. The predicted molar refractivity (Wildman–Crippen MR) is 81.5 cm³/mol. The minimum atomic E-state index is -4.42. The average Bonchev–Trinajstić information content (AvgIpc) is 2.98. The first-order valence-corrected chi connectivity index (χ1v) is 8.00. The van der Waals surface area contributed by atoms with E-state index in [0.29, 0.717) is 11.3 Å². The van der Waals surface area contributed by atoms with Gasteiger partial charge in [-0.3, -0.25) is 9.89 Å². The standard InChI is InChI=1S/C16H17F3N4O/c17-16(18,19)10-1-2-11-12(7-10)21-22-14(11)15(24)20-13-8-23-5-3-9(13)4-6-23/h1-2,7,9,13H,3-6,8H2,(H,20,24)(H,21,22)/t13-/m0/s1. The summed E-state index contributed by atoms with van der Waals surface area (Å²) in [6.45, 7) is 2.97. The molecule has 1 amide bonds. The molecule has 0 saturated carbocycles. The van der Waals surface area contributed by atoms with Gasteiger partial charge in [0, 0.05) is 18.0 Å². The lowest BCUT2D eigenvalue weighted by Gasteiger charge is -2.44. The number of aromatic nitrogens is 2. The van der Waals surface area contributed by atoms with Crippen molar-refractivity contribution >= 4 is 16.8 Å². The number of carbonyl (C=O) groups excluding carboxylic acids is 1. The number of rotatable bonds is 2. The van der Waals surface area contributed by atoms with Crippen molar-refractivity contribution in [2.45, 2.75) is 25.1 Å². The summed E-state index contributed by atoms with van der Waals surface area (Å²) >= 11 is 0. The maximum atomic E-state index is 12.8. The highest BCUT2D eigenvalue weighted by Crippen LogP contribution is 2.32. The molecule has 1 aromatic carbocycles. The molecule has 5 rings (SSSR count). The number of H-pyrrole nitrogens is 1. The summed E-state index contributed by atoms with van der Waals surface area (Å²) in [7, 11) is 0. The van der Waals surface area contributed by atoms with Gasteiger partial charge in [-0.05, 0) is 50.0 Å². The summed E-state index contributed by atoms with van der Waals surface area (Å²) in [4.78, 5) is 14.8. The summed E-state index contributed by atoms with van der Waals surface area (Å²) in [6.07, 6.45) is -2.28. The van der Waals surface area contributed by atoms with Crippen molar-refractivity contribution in [1.82, 2.24) is 20.4 Å². The van der Waals surface area contributed by atoms with Crippen LogP contribution < -0.4 is 5.32 Å². The molecule has 128 valence electrons. The third kappa shape index (κ3) is 2.64. The Morgan fingerprint density at radius 2 is 2.04 bits per heavy atom. The number of fused-ring (bicyclic) bond motifs is 4. The number of nitrogens with zero attached hydrogens (tertiary/aromatic N) is 2. The Bertz CT molecular complexity index is 777. The van der Waals surface area contributed by atoms with Crippen molar-refractivity contribution in [3.05, 3.63) is 29.5 Å². The number of alkyl halides is 3. The fraction of sp³-hybridized carbons (Fsp3) is 0.500. The second-order valence-corrected chi connectivity index (χ2v) is 6.55. The van der Waals surface area contributed by atoms with E-state index in [0.717, 1.165) is 44.6 Å². The van der Waals surface area contributed by atoms with Crippen molar-refractivity contribution in [2.75, 3.05) is 19.6 Å². The molecule has 1 atom stereocenters. The van der Waals surface area contributed by atoms with Crippen LogP contribution >= 0.6 is 0 Å². The van der Waals surface area contributed by atoms with Crippen molar-refractivity contribution in [1.29, 1.82) is 0 Å². The average molecular weight is 338 g/mol.